The summed E-state index contributed by atoms with van der Waals surface area (Å²) in [6, 6.07) is -2.86. The van der Waals surface area contributed by atoms with Gasteiger partial charge < -0.3 is 93.2 Å². The number of unbranched alkanes of at least 4 members (excludes halogenated alkanes) is 42. The van der Waals surface area contributed by atoms with Crippen LogP contribution < -0.4 is 84.1 Å². The first kappa shape index (κ1) is 115. The molecule has 0 aromatic carbocycles. The van der Waals surface area contributed by atoms with E-state index in [2.05, 4.69) is 48.5 Å². The van der Waals surface area contributed by atoms with E-state index >= 15 is 0 Å². The number of halogens is 1. The standard InChI is InChI=1S/3C18H36O2.C12H23O.2C4H7NO4.ClH.Na.Ti.Zn/c3*1-17(2)15-13-11-9-7-5-3-4-6-8-10-12-14-16-18(19)20;1-2-3-4-5-6-7-8-9-10-11-12-13;2*5-2(4(8)9)1-3(6)7;;;;/h3*17H,3-16H2,1-2H3,(H,19,20);2-11H2,1H3;2*2H,1,5H2,(H,6,7)(H,8,9);1H;;;/q;;;-1;;;;+1;+4;+2/p-7/t;;;;2*2-;;;;/m....00..../s1. The predicted octanol–water partition coefficient (Wildman–Crippen LogP) is 6.32. The van der Waals surface area contributed by atoms with E-state index < -0.39 is 66.7 Å². The minimum absolute atomic E-state index is 0. The minimum atomic E-state index is -1.58. The molecule has 0 aliphatic heterocycles. The maximum atomic E-state index is 10.2. The Balaban J connectivity index is -0.000000116. The molecule has 0 aromatic heterocycles. The first-order valence-corrected chi connectivity index (χ1v) is 36.7. The molecular weight excluding hydrogens is 1330 g/mol. The molecule has 95 heavy (non-hydrogen) atoms. The first-order chi connectivity index (χ1) is 43.4. The molecule has 0 unspecified atom stereocenters. The van der Waals surface area contributed by atoms with E-state index in [4.69, 9.17) is 16.6 Å². The SMILES string of the molecule is CC(C)CCCCCCCCCCCCCCC(=O)[O-].CC(C)CCCCCCCCCCCCCCC(=O)[O-].CC(C)CCCCCCCCCCCCCCC(=O)[O-].CCCCCCCCCCC[C-]=O.N[C@@H](CC(=O)O)C(=O)[O-].N[C@@H](CC(=O)[O-])C(=O)[O-].[Cl-].[Na+].[Ti+4].[Zn+2]. The van der Waals surface area contributed by atoms with Gasteiger partial charge in [0.15, 0.2) is 0 Å². The molecule has 0 bridgehead atoms. The van der Waals surface area contributed by atoms with Gasteiger partial charge in [0.25, 0.3) is 0 Å². The predicted molar refractivity (Wildman–Crippen MR) is 359 cm³/mol. The van der Waals surface area contributed by atoms with Gasteiger partial charge in [-0.15, -0.1) is 0 Å². The van der Waals surface area contributed by atoms with Crippen molar-refractivity contribution in [2.45, 2.75) is 407 Å². The first-order valence-electron chi connectivity index (χ1n) is 36.7. The molecule has 0 radical (unpaired) electrons. The van der Waals surface area contributed by atoms with Gasteiger partial charge in [-0.2, -0.15) is 6.42 Å². The van der Waals surface area contributed by atoms with E-state index in [0.29, 0.717) is 6.42 Å². The maximum absolute atomic E-state index is 10.2. The van der Waals surface area contributed by atoms with Crippen molar-refractivity contribution >= 4 is 48.1 Å². The third kappa shape index (κ3) is 133. The average molecular weight is 1470 g/mol. The number of rotatable bonds is 61. The Morgan fingerprint density at radius 1 is 0.337 bits per heavy atom. The number of nitrogens with two attached hydrogens (primary N) is 2. The summed E-state index contributed by atoms with van der Waals surface area (Å²) in [6.07, 6.45) is 64.0. The number of aliphatic carboxylic acids is 7. The van der Waals surface area contributed by atoms with Crippen LogP contribution in [-0.4, -0.2) is 65.3 Å². The Kier molecular flexibility index (Phi) is 117. The molecule has 0 amide bonds. The van der Waals surface area contributed by atoms with Crippen molar-refractivity contribution in [2.24, 2.45) is 29.2 Å². The molecule has 17 nitrogen and oxygen atoms in total. The third-order valence-corrected chi connectivity index (χ3v) is 15.5. The van der Waals surface area contributed by atoms with Crippen molar-refractivity contribution in [2.75, 3.05) is 0 Å². The number of carbonyl (C=O) groups is 7. The Morgan fingerprint density at radius 3 is 0.674 bits per heavy atom. The largest absolute Gasteiger partial charge is 4.00 e. The molecule has 21 heteroatoms. The molecule has 0 saturated carbocycles. The fourth-order valence-corrected chi connectivity index (χ4v) is 9.81. The van der Waals surface area contributed by atoms with E-state index in [1.54, 1.807) is 0 Å². The third-order valence-electron chi connectivity index (χ3n) is 15.5. The minimum Gasteiger partial charge on any atom is -1.00 e. The number of carbonyl (C=O) groups excluding carboxylic acids is 7. The average Bonchev–Trinajstić information content (AvgIpc) is 3.12. The van der Waals surface area contributed by atoms with Gasteiger partial charge in [0.1, 0.15) is 0 Å². The topological polar surface area (TPSA) is 347 Å². The van der Waals surface area contributed by atoms with Crippen LogP contribution in [0.15, 0.2) is 0 Å². The van der Waals surface area contributed by atoms with E-state index in [-0.39, 0.29) is 102 Å². The van der Waals surface area contributed by atoms with Crippen molar-refractivity contribution in [1.82, 2.24) is 0 Å². The second-order valence-electron chi connectivity index (χ2n) is 26.4. The van der Waals surface area contributed by atoms with Crippen LogP contribution in [0.5, 0.6) is 0 Å². The summed E-state index contributed by atoms with van der Waals surface area (Å²) >= 11 is 0. The van der Waals surface area contributed by atoms with E-state index in [9.17, 15) is 69.0 Å². The molecule has 2 atom stereocenters. The second kappa shape index (κ2) is 96.7. The van der Waals surface area contributed by atoms with Gasteiger partial charge in [0, 0.05) is 36.3 Å². The van der Waals surface area contributed by atoms with Crippen molar-refractivity contribution in [3.63, 3.8) is 0 Å². The fraction of sp³-hybridized carbons (Fsp3) is 0.892. The fourth-order valence-electron chi connectivity index (χ4n) is 9.81. The van der Waals surface area contributed by atoms with E-state index in [1.807, 2.05) is 6.29 Å². The number of hydrogen-bond donors (Lipinski definition) is 3. The molecule has 0 aromatic rings. The quantitative estimate of drug-likeness (QED) is 0.0340. The van der Waals surface area contributed by atoms with Crippen LogP contribution >= 0.6 is 0 Å². The van der Waals surface area contributed by atoms with Crippen molar-refractivity contribution in [1.29, 1.82) is 0 Å². The molecule has 5 N–H and O–H groups in total. The second-order valence-corrected chi connectivity index (χ2v) is 26.4. The Bertz CT molecular complexity index is 1480. The summed E-state index contributed by atoms with van der Waals surface area (Å²) in [5.41, 5.74) is 9.51. The van der Waals surface area contributed by atoms with Crippen LogP contribution in [0, 0.1) is 17.8 Å². The molecule has 550 valence electrons. The van der Waals surface area contributed by atoms with Crippen LogP contribution in [0.25, 0.3) is 0 Å². The van der Waals surface area contributed by atoms with Gasteiger partial charge in [-0.25, -0.2) is 0 Å². The Hall–Kier alpha value is -1.49. The molecule has 0 spiro atoms. The van der Waals surface area contributed by atoms with E-state index in [0.717, 1.165) is 62.7 Å². The summed E-state index contributed by atoms with van der Waals surface area (Å²) in [5, 5.41) is 67.7. The smallest absolute Gasteiger partial charge is 1.00 e. The van der Waals surface area contributed by atoms with Crippen molar-refractivity contribution in [3.05, 3.63) is 0 Å². The van der Waals surface area contributed by atoms with E-state index in [1.165, 1.54) is 263 Å². The van der Waals surface area contributed by atoms with Crippen LogP contribution in [0.4, 0.5) is 0 Å². The normalized spacial score (nSPS) is 10.8. The number of carboxylic acids is 7. The van der Waals surface area contributed by atoms with Gasteiger partial charge in [0.2, 0.25) is 0 Å². The molecule has 0 heterocycles. The molecule has 0 saturated heterocycles. The van der Waals surface area contributed by atoms with Gasteiger partial charge in [-0.3, -0.25) is 11.1 Å². The molecular formula is C74H139ClN2NaO15TiZn-. The summed E-state index contributed by atoms with van der Waals surface area (Å²) in [5.74, 6) is -5.99. The summed E-state index contributed by atoms with van der Waals surface area (Å²) in [4.78, 5) is 79.4. The summed E-state index contributed by atoms with van der Waals surface area (Å²) in [6.45, 7) is 16.1. The monoisotopic (exact) mass is 1470 g/mol. The summed E-state index contributed by atoms with van der Waals surface area (Å²) in [7, 11) is 0. The molecule has 0 aliphatic rings. The van der Waals surface area contributed by atoms with Crippen LogP contribution in [0.1, 0.15) is 395 Å². The zero-order chi connectivity index (χ0) is 69.8. The van der Waals surface area contributed by atoms with Crippen LogP contribution in [-0.2, 0) is 79.6 Å². The molecule has 0 fully saturated rings. The van der Waals surface area contributed by atoms with Gasteiger partial charge in [-0.1, -0.05) is 337 Å². The van der Waals surface area contributed by atoms with Crippen molar-refractivity contribution in [3.8, 4) is 0 Å². The zero-order valence-corrected chi connectivity index (χ0v) is 69.3. The number of carboxylic acid groups (broad SMARTS) is 7. The van der Waals surface area contributed by atoms with Crippen LogP contribution in [0.2, 0.25) is 0 Å². The molecule has 0 rings (SSSR count). The summed E-state index contributed by atoms with van der Waals surface area (Å²) < 4.78 is 0. The van der Waals surface area contributed by atoms with Gasteiger partial charge >= 0.3 is 76.7 Å². The molecule has 0 aliphatic carbocycles. The zero-order valence-electron chi connectivity index (χ0n) is 62.0. The van der Waals surface area contributed by atoms with Crippen LogP contribution in [0.3, 0.4) is 0 Å². The van der Waals surface area contributed by atoms with Gasteiger partial charge in [0.05, 0.1) is 24.4 Å². The Labute approximate surface area is 636 Å². The number of hydrogen-bond acceptors (Lipinski definition) is 16. The van der Waals surface area contributed by atoms with Crippen molar-refractivity contribution < 1.29 is 157 Å². The Morgan fingerprint density at radius 2 is 0.526 bits per heavy atom. The van der Waals surface area contributed by atoms with Gasteiger partial charge in [-0.05, 0) is 56.3 Å². The maximum Gasteiger partial charge on any atom is 4.00 e.